The second kappa shape index (κ2) is 4.29. The fraction of sp³-hybridized carbons (Fsp3) is 0.286. The summed E-state index contributed by atoms with van der Waals surface area (Å²) < 4.78 is 5.73. The Balaban J connectivity index is 1.96. The zero-order chi connectivity index (χ0) is 12.5. The number of aromatic amines is 1. The minimum Gasteiger partial charge on any atom is -0.490 e. The Morgan fingerprint density at radius 3 is 2.89 bits per heavy atom. The van der Waals surface area contributed by atoms with Gasteiger partial charge in [0.25, 0.3) is 5.56 Å². The van der Waals surface area contributed by atoms with Gasteiger partial charge in [-0.15, -0.1) is 0 Å². The highest BCUT2D eigenvalue weighted by Gasteiger charge is 2.23. The minimum atomic E-state index is -0.133. The zero-order valence-corrected chi connectivity index (χ0v) is 10.1. The first kappa shape index (κ1) is 11.0. The normalized spacial score (nSPS) is 14.5. The van der Waals surface area contributed by atoms with E-state index in [1.807, 2.05) is 24.3 Å². The summed E-state index contributed by atoms with van der Waals surface area (Å²) in [6.07, 6.45) is 2.63. The van der Waals surface area contributed by atoms with Crippen LogP contribution in [0.25, 0.3) is 11.3 Å². The fourth-order valence-corrected chi connectivity index (χ4v) is 1.83. The predicted molar refractivity (Wildman–Crippen MR) is 68.7 cm³/mol. The smallest absolute Gasteiger partial charge is 0.251 e. The number of nitrogens with zero attached hydrogens (tertiary/aromatic N) is 1. The van der Waals surface area contributed by atoms with E-state index in [2.05, 4.69) is 9.97 Å². The standard InChI is InChI=1S/C14H14N2O2/c1-9-15-13(8-14(17)16-9)10-3-2-4-12(7-10)18-11-5-6-11/h2-4,7-8,11H,5-6H2,1H3,(H,15,16,17). The number of benzene rings is 1. The van der Waals surface area contributed by atoms with Crippen LogP contribution in [0.15, 0.2) is 35.1 Å². The lowest BCUT2D eigenvalue weighted by Gasteiger charge is -2.06. The van der Waals surface area contributed by atoms with E-state index >= 15 is 0 Å². The Morgan fingerprint density at radius 1 is 1.33 bits per heavy atom. The van der Waals surface area contributed by atoms with Crippen LogP contribution in [0.5, 0.6) is 5.75 Å². The van der Waals surface area contributed by atoms with Crippen molar-refractivity contribution >= 4 is 0 Å². The Labute approximate surface area is 105 Å². The number of aromatic nitrogens is 2. The quantitative estimate of drug-likeness (QED) is 0.898. The van der Waals surface area contributed by atoms with Crippen LogP contribution in [0.4, 0.5) is 0 Å². The first-order chi connectivity index (χ1) is 8.70. The predicted octanol–water partition coefficient (Wildman–Crippen LogP) is 2.29. The summed E-state index contributed by atoms with van der Waals surface area (Å²) in [5.41, 5.74) is 1.45. The van der Waals surface area contributed by atoms with Crippen molar-refractivity contribution in [1.82, 2.24) is 9.97 Å². The average Bonchev–Trinajstić information content (AvgIpc) is 3.12. The van der Waals surface area contributed by atoms with Gasteiger partial charge in [-0.25, -0.2) is 4.98 Å². The molecular weight excluding hydrogens is 228 g/mol. The third kappa shape index (κ3) is 2.42. The van der Waals surface area contributed by atoms with Crippen LogP contribution in [0.2, 0.25) is 0 Å². The molecule has 92 valence electrons. The number of ether oxygens (including phenoxy) is 1. The van der Waals surface area contributed by atoms with Gasteiger partial charge in [0.05, 0.1) is 11.8 Å². The molecule has 0 saturated heterocycles. The van der Waals surface area contributed by atoms with Gasteiger partial charge in [0.2, 0.25) is 0 Å². The summed E-state index contributed by atoms with van der Waals surface area (Å²) >= 11 is 0. The molecular formula is C14H14N2O2. The maximum atomic E-state index is 11.4. The summed E-state index contributed by atoms with van der Waals surface area (Å²) in [7, 11) is 0. The molecule has 3 rings (SSSR count). The number of nitrogens with one attached hydrogen (secondary N) is 1. The van der Waals surface area contributed by atoms with Crippen molar-refractivity contribution < 1.29 is 4.74 Å². The van der Waals surface area contributed by atoms with Crippen LogP contribution < -0.4 is 10.3 Å². The van der Waals surface area contributed by atoms with Crippen molar-refractivity contribution in [3.63, 3.8) is 0 Å². The van der Waals surface area contributed by atoms with Gasteiger partial charge in [-0.05, 0) is 31.9 Å². The zero-order valence-electron chi connectivity index (χ0n) is 10.1. The second-order valence-electron chi connectivity index (χ2n) is 4.56. The Bertz CT molecular complexity index is 630. The van der Waals surface area contributed by atoms with Gasteiger partial charge in [0, 0.05) is 11.6 Å². The van der Waals surface area contributed by atoms with E-state index in [-0.39, 0.29) is 5.56 Å². The van der Waals surface area contributed by atoms with Gasteiger partial charge in [0.15, 0.2) is 0 Å². The van der Waals surface area contributed by atoms with Gasteiger partial charge in [-0.2, -0.15) is 0 Å². The fourth-order valence-electron chi connectivity index (χ4n) is 1.83. The molecule has 1 aliphatic carbocycles. The first-order valence-electron chi connectivity index (χ1n) is 6.06. The molecule has 18 heavy (non-hydrogen) atoms. The third-order valence-electron chi connectivity index (χ3n) is 2.82. The van der Waals surface area contributed by atoms with E-state index in [4.69, 9.17) is 4.74 Å². The molecule has 1 aliphatic rings. The molecule has 1 aromatic heterocycles. The lowest BCUT2D eigenvalue weighted by Crippen LogP contribution is -2.08. The molecule has 0 bridgehead atoms. The van der Waals surface area contributed by atoms with Crippen LogP contribution in [-0.2, 0) is 0 Å². The Kier molecular flexibility index (Phi) is 2.63. The lowest BCUT2D eigenvalue weighted by atomic mass is 10.1. The molecule has 1 aromatic carbocycles. The summed E-state index contributed by atoms with van der Waals surface area (Å²) in [5.74, 6) is 1.46. The van der Waals surface area contributed by atoms with Crippen molar-refractivity contribution in [3.8, 4) is 17.0 Å². The monoisotopic (exact) mass is 242 g/mol. The van der Waals surface area contributed by atoms with Gasteiger partial charge in [0.1, 0.15) is 11.6 Å². The average molecular weight is 242 g/mol. The van der Waals surface area contributed by atoms with E-state index in [0.29, 0.717) is 17.6 Å². The summed E-state index contributed by atoms with van der Waals surface area (Å²) in [6, 6.07) is 9.22. The van der Waals surface area contributed by atoms with Gasteiger partial charge in [-0.3, -0.25) is 4.79 Å². The van der Waals surface area contributed by atoms with Crippen molar-refractivity contribution in [2.45, 2.75) is 25.9 Å². The van der Waals surface area contributed by atoms with E-state index in [0.717, 1.165) is 24.2 Å². The minimum absolute atomic E-state index is 0.133. The molecule has 4 nitrogen and oxygen atoms in total. The number of hydrogen-bond acceptors (Lipinski definition) is 3. The van der Waals surface area contributed by atoms with Crippen molar-refractivity contribution in [2.75, 3.05) is 0 Å². The van der Waals surface area contributed by atoms with E-state index in [1.165, 1.54) is 6.07 Å². The van der Waals surface area contributed by atoms with Crippen LogP contribution in [0.3, 0.4) is 0 Å². The first-order valence-corrected chi connectivity index (χ1v) is 6.06. The molecule has 2 aromatic rings. The number of hydrogen-bond donors (Lipinski definition) is 1. The van der Waals surface area contributed by atoms with Crippen molar-refractivity contribution in [1.29, 1.82) is 0 Å². The van der Waals surface area contributed by atoms with E-state index in [1.54, 1.807) is 6.92 Å². The van der Waals surface area contributed by atoms with Crippen LogP contribution in [0, 0.1) is 6.92 Å². The highest BCUT2D eigenvalue weighted by Crippen LogP contribution is 2.28. The third-order valence-corrected chi connectivity index (χ3v) is 2.82. The van der Waals surface area contributed by atoms with Gasteiger partial charge >= 0.3 is 0 Å². The molecule has 0 aliphatic heterocycles. The maximum absolute atomic E-state index is 11.4. The Hall–Kier alpha value is -2.10. The van der Waals surface area contributed by atoms with Crippen LogP contribution >= 0.6 is 0 Å². The maximum Gasteiger partial charge on any atom is 0.251 e. The van der Waals surface area contributed by atoms with E-state index in [9.17, 15) is 4.79 Å². The van der Waals surface area contributed by atoms with Gasteiger partial charge in [-0.1, -0.05) is 12.1 Å². The summed E-state index contributed by atoms with van der Waals surface area (Å²) in [6.45, 7) is 1.77. The molecule has 0 atom stereocenters. The SMILES string of the molecule is Cc1nc(-c2cccc(OC3CC3)c2)cc(=O)[nH]1. The molecule has 1 fully saturated rings. The highest BCUT2D eigenvalue weighted by molar-refractivity contribution is 5.60. The molecule has 1 N–H and O–H groups in total. The number of H-pyrrole nitrogens is 1. The lowest BCUT2D eigenvalue weighted by molar-refractivity contribution is 0.303. The molecule has 0 amide bonds. The molecule has 4 heteroatoms. The molecule has 0 unspecified atom stereocenters. The highest BCUT2D eigenvalue weighted by atomic mass is 16.5. The van der Waals surface area contributed by atoms with E-state index < -0.39 is 0 Å². The molecule has 1 heterocycles. The van der Waals surface area contributed by atoms with Crippen molar-refractivity contribution in [2.24, 2.45) is 0 Å². The van der Waals surface area contributed by atoms with Crippen LogP contribution in [0.1, 0.15) is 18.7 Å². The molecule has 0 radical (unpaired) electrons. The largest absolute Gasteiger partial charge is 0.490 e. The second-order valence-corrected chi connectivity index (χ2v) is 4.56. The summed E-state index contributed by atoms with van der Waals surface area (Å²) in [4.78, 5) is 18.4. The summed E-state index contributed by atoms with van der Waals surface area (Å²) in [5, 5.41) is 0. The molecule has 0 spiro atoms. The Morgan fingerprint density at radius 2 is 2.17 bits per heavy atom. The number of rotatable bonds is 3. The van der Waals surface area contributed by atoms with Crippen molar-refractivity contribution in [3.05, 3.63) is 46.5 Å². The topological polar surface area (TPSA) is 55.0 Å². The van der Waals surface area contributed by atoms with Crippen LogP contribution in [-0.4, -0.2) is 16.1 Å². The molecule has 1 saturated carbocycles. The van der Waals surface area contributed by atoms with Gasteiger partial charge < -0.3 is 9.72 Å². The number of aryl methyl sites for hydroxylation is 1.